The van der Waals surface area contributed by atoms with E-state index in [-0.39, 0.29) is 0 Å². The zero-order valence-electron chi connectivity index (χ0n) is 24.4. The molecule has 0 radical (unpaired) electrons. The maximum absolute atomic E-state index is 8.77. The summed E-state index contributed by atoms with van der Waals surface area (Å²) in [6, 6.07) is 0. The summed E-state index contributed by atoms with van der Waals surface area (Å²) in [5.74, 6) is 0. The van der Waals surface area contributed by atoms with Crippen LogP contribution in [-0.2, 0) is 4.12 Å². The van der Waals surface area contributed by atoms with Gasteiger partial charge in [0, 0.05) is 0 Å². The SMILES string of the molecule is CCC(C)[Si](O[Si](C(C)CC)(C1CCCCC1)C1CCCCC1)(C1CCCCC1)C1CCCCC1. The lowest BCUT2D eigenvalue weighted by Crippen LogP contribution is -2.64. The van der Waals surface area contributed by atoms with Gasteiger partial charge in [0.1, 0.15) is 0 Å². The van der Waals surface area contributed by atoms with E-state index in [9.17, 15) is 0 Å². The van der Waals surface area contributed by atoms with Gasteiger partial charge in [0.15, 0.2) is 16.6 Å². The van der Waals surface area contributed by atoms with Crippen LogP contribution in [0.3, 0.4) is 0 Å². The van der Waals surface area contributed by atoms with Crippen molar-refractivity contribution in [3.05, 3.63) is 0 Å². The highest BCUT2D eigenvalue weighted by Gasteiger charge is 2.61. The lowest BCUT2D eigenvalue weighted by molar-refractivity contribution is 0.316. The van der Waals surface area contributed by atoms with Gasteiger partial charge in [-0.2, -0.15) is 0 Å². The Morgan fingerprint density at radius 2 is 0.686 bits per heavy atom. The molecule has 4 saturated carbocycles. The molecule has 0 bridgehead atoms. The molecule has 2 unspecified atom stereocenters. The van der Waals surface area contributed by atoms with E-state index in [1.807, 2.05) is 0 Å². The van der Waals surface area contributed by atoms with E-state index in [0.717, 1.165) is 33.2 Å². The fourth-order valence-corrected chi connectivity index (χ4v) is 27.8. The molecule has 4 rings (SSSR count). The first-order chi connectivity index (χ1) is 17.1. The molecule has 3 heteroatoms. The number of hydrogen-bond donors (Lipinski definition) is 0. The van der Waals surface area contributed by atoms with Crippen LogP contribution < -0.4 is 0 Å². The smallest absolute Gasteiger partial charge is 0.188 e. The highest BCUT2D eigenvalue weighted by atomic mass is 28.4. The Morgan fingerprint density at radius 1 is 0.457 bits per heavy atom. The highest BCUT2D eigenvalue weighted by Crippen LogP contribution is 2.62. The molecule has 4 aliphatic rings. The summed E-state index contributed by atoms with van der Waals surface area (Å²) in [6.45, 7) is 10.5. The molecule has 0 aromatic rings. The molecule has 0 aromatic carbocycles. The van der Waals surface area contributed by atoms with E-state index in [4.69, 9.17) is 4.12 Å². The molecule has 4 fully saturated rings. The summed E-state index contributed by atoms with van der Waals surface area (Å²) < 4.78 is 8.77. The summed E-state index contributed by atoms with van der Waals surface area (Å²) in [4.78, 5) is 0. The minimum absolute atomic E-state index is 0.858. The van der Waals surface area contributed by atoms with Crippen molar-refractivity contribution in [3.8, 4) is 0 Å². The van der Waals surface area contributed by atoms with Gasteiger partial charge in [0.05, 0.1) is 0 Å². The van der Waals surface area contributed by atoms with Crippen molar-refractivity contribution in [2.24, 2.45) is 0 Å². The molecule has 2 atom stereocenters. The van der Waals surface area contributed by atoms with Gasteiger partial charge < -0.3 is 4.12 Å². The molecule has 0 heterocycles. The van der Waals surface area contributed by atoms with Gasteiger partial charge in [-0.15, -0.1) is 0 Å². The van der Waals surface area contributed by atoms with Crippen molar-refractivity contribution in [3.63, 3.8) is 0 Å². The van der Waals surface area contributed by atoms with E-state index in [2.05, 4.69) is 27.7 Å². The molecule has 0 aliphatic heterocycles. The van der Waals surface area contributed by atoms with Crippen LogP contribution in [-0.4, -0.2) is 16.6 Å². The Kier molecular flexibility index (Phi) is 10.9. The van der Waals surface area contributed by atoms with Crippen LogP contribution in [0.4, 0.5) is 0 Å². The average Bonchev–Trinajstić information content (AvgIpc) is 2.95. The van der Waals surface area contributed by atoms with Crippen LogP contribution in [0.25, 0.3) is 0 Å². The molecule has 0 amide bonds. The van der Waals surface area contributed by atoms with E-state index in [1.165, 1.54) is 141 Å². The Morgan fingerprint density at radius 3 is 0.886 bits per heavy atom. The molecule has 0 N–H and O–H groups in total. The third kappa shape index (κ3) is 5.87. The molecule has 204 valence electrons. The van der Waals surface area contributed by atoms with E-state index < -0.39 is 16.6 Å². The second kappa shape index (κ2) is 13.5. The van der Waals surface area contributed by atoms with Crippen molar-refractivity contribution in [1.29, 1.82) is 0 Å². The van der Waals surface area contributed by atoms with Gasteiger partial charge in [0.25, 0.3) is 0 Å². The average molecular weight is 519 g/mol. The second-order valence-electron chi connectivity index (χ2n) is 13.8. The third-order valence-corrected chi connectivity index (χ3v) is 26.2. The highest BCUT2D eigenvalue weighted by molar-refractivity contribution is 6.91. The second-order valence-corrected chi connectivity index (χ2v) is 23.2. The predicted octanol–water partition coefficient (Wildman–Crippen LogP) is 11.8. The monoisotopic (exact) mass is 518 g/mol. The van der Waals surface area contributed by atoms with Crippen LogP contribution in [0.2, 0.25) is 33.2 Å². The van der Waals surface area contributed by atoms with Crippen molar-refractivity contribution in [1.82, 2.24) is 0 Å². The largest absolute Gasteiger partial charge is 0.454 e. The fourth-order valence-electron chi connectivity index (χ4n) is 9.97. The lowest BCUT2D eigenvalue weighted by Gasteiger charge is -2.60. The zero-order valence-corrected chi connectivity index (χ0v) is 26.4. The Balaban J connectivity index is 1.84. The molecule has 4 aliphatic carbocycles. The number of rotatable bonds is 10. The van der Waals surface area contributed by atoms with Crippen molar-refractivity contribution < 1.29 is 4.12 Å². The van der Waals surface area contributed by atoms with E-state index in [1.54, 1.807) is 0 Å². The maximum atomic E-state index is 8.77. The predicted molar refractivity (Wildman–Crippen MR) is 159 cm³/mol. The normalized spacial score (nSPS) is 27.1. The van der Waals surface area contributed by atoms with Crippen LogP contribution in [0.1, 0.15) is 169 Å². The van der Waals surface area contributed by atoms with Gasteiger partial charge in [-0.25, -0.2) is 0 Å². The van der Waals surface area contributed by atoms with Gasteiger partial charge in [-0.1, -0.05) is 169 Å². The summed E-state index contributed by atoms with van der Waals surface area (Å²) >= 11 is 0. The van der Waals surface area contributed by atoms with Crippen LogP contribution in [0.5, 0.6) is 0 Å². The molecular weight excluding hydrogens is 457 g/mol. The van der Waals surface area contributed by atoms with Crippen LogP contribution in [0.15, 0.2) is 0 Å². The molecule has 0 aromatic heterocycles. The lowest BCUT2D eigenvalue weighted by atomic mass is 9.99. The molecule has 35 heavy (non-hydrogen) atoms. The van der Waals surface area contributed by atoms with Crippen molar-refractivity contribution in [2.45, 2.75) is 202 Å². The van der Waals surface area contributed by atoms with Crippen molar-refractivity contribution in [2.75, 3.05) is 0 Å². The van der Waals surface area contributed by atoms with E-state index in [0.29, 0.717) is 0 Å². The van der Waals surface area contributed by atoms with Crippen molar-refractivity contribution >= 4 is 16.6 Å². The minimum Gasteiger partial charge on any atom is -0.454 e. The summed E-state index contributed by atoms with van der Waals surface area (Å²) in [5.41, 5.74) is 5.60. The third-order valence-electron chi connectivity index (χ3n) is 12.1. The zero-order chi connectivity index (χ0) is 24.7. The van der Waals surface area contributed by atoms with Gasteiger partial charge >= 0.3 is 0 Å². The standard InChI is InChI=1S/C32H62OSi2/c1-5-27(3)34(29-19-11-7-12-20-29,30-21-13-8-14-22-30)33-35(28(4)6-2,31-23-15-9-16-24-31)32-25-17-10-18-26-32/h27-32H,5-26H2,1-4H3. The van der Waals surface area contributed by atoms with Crippen LogP contribution in [0, 0.1) is 0 Å². The fraction of sp³-hybridized carbons (Fsp3) is 1.00. The molecular formula is C32H62OSi2. The van der Waals surface area contributed by atoms with Crippen LogP contribution >= 0.6 is 0 Å². The quantitative estimate of drug-likeness (QED) is 0.261. The van der Waals surface area contributed by atoms with Gasteiger partial charge in [0.2, 0.25) is 0 Å². The minimum atomic E-state index is -1.92. The first-order valence-corrected chi connectivity index (χ1v) is 21.1. The Hall–Kier alpha value is 0.394. The topological polar surface area (TPSA) is 9.23 Å². The van der Waals surface area contributed by atoms with Gasteiger partial charge in [-0.05, 0) is 33.2 Å². The summed E-state index contributed by atoms with van der Waals surface area (Å²) in [7, 11) is -3.84. The molecule has 1 nitrogen and oxygen atoms in total. The summed E-state index contributed by atoms with van der Waals surface area (Å²) in [6.07, 6.45) is 32.9. The Bertz CT molecular complexity index is 509. The summed E-state index contributed by atoms with van der Waals surface area (Å²) in [5, 5.41) is 0. The number of hydrogen-bond acceptors (Lipinski definition) is 1. The van der Waals surface area contributed by atoms with Gasteiger partial charge in [-0.3, -0.25) is 0 Å². The first-order valence-electron chi connectivity index (χ1n) is 16.8. The molecule has 0 spiro atoms. The van der Waals surface area contributed by atoms with E-state index >= 15 is 0 Å². The first kappa shape index (κ1) is 28.4. The Labute approximate surface area is 222 Å². The molecule has 0 saturated heterocycles. The maximum Gasteiger partial charge on any atom is 0.188 e.